The normalized spacial score (nSPS) is 24.7. The molecule has 6 heteroatoms. The van der Waals surface area contributed by atoms with Gasteiger partial charge in [0.1, 0.15) is 11.9 Å². The van der Waals surface area contributed by atoms with E-state index in [9.17, 15) is 14.3 Å². The molecule has 2 N–H and O–H groups in total. The van der Waals surface area contributed by atoms with E-state index in [-0.39, 0.29) is 23.9 Å². The van der Waals surface area contributed by atoms with Gasteiger partial charge in [0.2, 0.25) is 5.91 Å². The van der Waals surface area contributed by atoms with Gasteiger partial charge in [-0.25, -0.2) is 4.39 Å². The van der Waals surface area contributed by atoms with Gasteiger partial charge >= 0.3 is 0 Å². The summed E-state index contributed by atoms with van der Waals surface area (Å²) in [5.74, 6) is -0.287. The van der Waals surface area contributed by atoms with E-state index in [0.29, 0.717) is 12.6 Å². The van der Waals surface area contributed by atoms with Crippen molar-refractivity contribution in [3.8, 4) is 0 Å². The molecule has 3 rings (SSSR count). The van der Waals surface area contributed by atoms with Gasteiger partial charge in [0, 0.05) is 38.3 Å². The smallest absolute Gasteiger partial charge is 0.242 e. The van der Waals surface area contributed by atoms with E-state index < -0.39 is 6.04 Å². The molecule has 0 radical (unpaired) electrons. The van der Waals surface area contributed by atoms with Gasteiger partial charge in [0.15, 0.2) is 0 Å². The third-order valence-corrected chi connectivity index (χ3v) is 5.02. The summed E-state index contributed by atoms with van der Waals surface area (Å²) < 4.78 is 13.3. The number of benzene rings is 1. The standard InChI is InChI=1S/C19H28FN3O2/c1-13-11-23(10-9-22(13)12-14(2)24)18(19(25)21-17-7-8-17)15-3-5-16(20)6-4-15/h3-6,13-14,17-18,24H,7-12H2,1-2H3,(H,21,25)/t13-,14-,18-/m0/s1. The van der Waals surface area contributed by atoms with Crippen molar-refractivity contribution in [2.24, 2.45) is 0 Å². The summed E-state index contributed by atoms with van der Waals surface area (Å²) in [5.41, 5.74) is 0.829. The summed E-state index contributed by atoms with van der Waals surface area (Å²) in [6.07, 6.45) is 1.72. The Morgan fingerprint density at radius 2 is 2.00 bits per heavy atom. The molecule has 138 valence electrons. The molecule has 0 spiro atoms. The fraction of sp³-hybridized carbons (Fsp3) is 0.632. The zero-order chi connectivity index (χ0) is 18.0. The van der Waals surface area contributed by atoms with Gasteiger partial charge in [-0.1, -0.05) is 12.1 Å². The van der Waals surface area contributed by atoms with E-state index in [0.717, 1.165) is 38.0 Å². The Balaban J connectivity index is 1.74. The van der Waals surface area contributed by atoms with E-state index in [4.69, 9.17) is 0 Å². The van der Waals surface area contributed by atoms with Gasteiger partial charge in [-0.05, 0) is 44.4 Å². The van der Waals surface area contributed by atoms with Crippen LogP contribution in [0.15, 0.2) is 24.3 Å². The second kappa shape index (κ2) is 7.81. The topological polar surface area (TPSA) is 55.8 Å². The van der Waals surface area contributed by atoms with Crippen LogP contribution in [0.4, 0.5) is 4.39 Å². The molecular formula is C19H28FN3O2. The maximum Gasteiger partial charge on any atom is 0.242 e. The first kappa shape index (κ1) is 18.3. The van der Waals surface area contributed by atoms with Crippen LogP contribution in [0.2, 0.25) is 0 Å². The van der Waals surface area contributed by atoms with Crippen LogP contribution in [-0.2, 0) is 4.79 Å². The van der Waals surface area contributed by atoms with Crippen molar-refractivity contribution in [3.05, 3.63) is 35.6 Å². The molecule has 1 aromatic rings. The van der Waals surface area contributed by atoms with Crippen LogP contribution in [0, 0.1) is 5.82 Å². The maximum atomic E-state index is 13.3. The maximum absolute atomic E-state index is 13.3. The van der Waals surface area contributed by atoms with Crippen LogP contribution in [0.5, 0.6) is 0 Å². The predicted molar refractivity (Wildman–Crippen MR) is 94.6 cm³/mol. The van der Waals surface area contributed by atoms with Crippen LogP contribution in [-0.4, -0.2) is 65.2 Å². The molecule has 5 nitrogen and oxygen atoms in total. The molecule has 1 aliphatic heterocycles. The number of aliphatic hydroxyl groups is 1. The number of hydrogen-bond acceptors (Lipinski definition) is 4. The number of hydrogen-bond donors (Lipinski definition) is 2. The first-order valence-corrected chi connectivity index (χ1v) is 9.16. The largest absolute Gasteiger partial charge is 0.392 e. The summed E-state index contributed by atoms with van der Waals surface area (Å²) in [4.78, 5) is 17.3. The Labute approximate surface area is 148 Å². The van der Waals surface area contributed by atoms with Gasteiger partial charge < -0.3 is 10.4 Å². The Morgan fingerprint density at radius 3 is 2.56 bits per heavy atom. The molecule has 1 aliphatic carbocycles. The first-order valence-electron chi connectivity index (χ1n) is 9.16. The van der Waals surface area contributed by atoms with Crippen molar-refractivity contribution < 1.29 is 14.3 Å². The summed E-state index contributed by atoms with van der Waals surface area (Å²) in [6.45, 7) is 6.85. The lowest BCUT2D eigenvalue weighted by Crippen LogP contribution is -2.56. The molecule has 1 saturated heterocycles. The molecule has 0 aromatic heterocycles. The summed E-state index contributed by atoms with van der Waals surface area (Å²) in [5, 5.41) is 12.7. The molecule has 1 saturated carbocycles. The first-order chi connectivity index (χ1) is 11.9. The molecular weight excluding hydrogens is 321 g/mol. The van der Waals surface area contributed by atoms with Gasteiger partial charge in [0.05, 0.1) is 6.10 Å². The predicted octanol–water partition coefficient (Wildman–Crippen LogP) is 1.53. The number of carbonyl (C=O) groups excluding carboxylic acids is 1. The van der Waals surface area contributed by atoms with Crippen LogP contribution in [0.25, 0.3) is 0 Å². The highest BCUT2D eigenvalue weighted by Gasteiger charge is 2.35. The molecule has 2 aliphatic rings. The number of aliphatic hydroxyl groups excluding tert-OH is 1. The molecule has 1 heterocycles. The van der Waals surface area contributed by atoms with E-state index >= 15 is 0 Å². The van der Waals surface area contributed by atoms with Crippen LogP contribution < -0.4 is 5.32 Å². The number of amides is 1. The average molecular weight is 349 g/mol. The number of halogens is 1. The number of rotatable bonds is 6. The number of nitrogens with zero attached hydrogens (tertiary/aromatic N) is 2. The Morgan fingerprint density at radius 1 is 1.32 bits per heavy atom. The SMILES string of the molecule is C[C@H](O)CN1CCN([C@H](C(=O)NC2CC2)c2ccc(F)cc2)C[C@@H]1C. The fourth-order valence-electron chi connectivity index (χ4n) is 3.55. The van der Waals surface area contributed by atoms with E-state index in [1.54, 1.807) is 19.1 Å². The minimum absolute atomic E-state index is 0.00489. The van der Waals surface area contributed by atoms with Crippen molar-refractivity contribution >= 4 is 5.91 Å². The van der Waals surface area contributed by atoms with Crippen LogP contribution >= 0.6 is 0 Å². The summed E-state index contributed by atoms with van der Waals surface area (Å²) >= 11 is 0. The van der Waals surface area contributed by atoms with E-state index in [1.807, 2.05) is 0 Å². The van der Waals surface area contributed by atoms with Crippen LogP contribution in [0.3, 0.4) is 0 Å². The number of piperazine rings is 1. The monoisotopic (exact) mass is 349 g/mol. The van der Waals surface area contributed by atoms with Crippen LogP contribution in [0.1, 0.15) is 38.3 Å². The van der Waals surface area contributed by atoms with E-state index in [1.165, 1.54) is 12.1 Å². The zero-order valence-electron chi connectivity index (χ0n) is 15.0. The Hall–Kier alpha value is -1.50. The van der Waals surface area contributed by atoms with Gasteiger partial charge in [-0.15, -0.1) is 0 Å². The Kier molecular flexibility index (Phi) is 5.71. The second-order valence-electron chi connectivity index (χ2n) is 7.42. The summed E-state index contributed by atoms with van der Waals surface area (Å²) in [6, 6.07) is 6.40. The van der Waals surface area contributed by atoms with Crippen molar-refractivity contribution in [1.82, 2.24) is 15.1 Å². The highest BCUT2D eigenvalue weighted by Crippen LogP contribution is 2.27. The lowest BCUT2D eigenvalue weighted by Gasteiger charge is -2.43. The molecule has 1 amide bonds. The lowest BCUT2D eigenvalue weighted by atomic mass is 10.0. The quantitative estimate of drug-likeness (QED) is 0.818. The molecule has 3 atom stereocenters. The average Bonchev–Trinajstić information content (AvgIpc) is 3.35. The summed E-state index contributed by atoms with van der Waals surface area (Å²) in [7, 11) is 0. The zero-order valence-corrected chi connectivity index (χ0v) is 15.0. The number of carbonyl (C=O) groups is 1. The van der Waals surface area contributed by atoms with Gasteiger partial charge in [-0.3, -0.25) is 14.6 Å². The lowest BCUT2D eigenvalue weighted by molar-refractivity contribution is -0.128. The van der Waals surface area contributed by atoms with Crippen molar-refractivity contribution in [3.63, 3.8) is 0 Å². The molecule has 2 fully saturated rings. The Bertz CT molecular complexity index is 589. The van der Waals surface area contributed by atoms with Crippen molar-refractivity contribution in [2.75, 3.05) is 26.2 Å². The number of nitrogens with one attached hydrogen (secondary N) is 1. The molecule has 0 bridgehead atoms. The molecule has 25 heavy (non-hydrogen) atoms. The third-order valence-electron chi connectivity index (χ3n) is 5.02. The number of β-amino-alcohol motifs (C(OH)–C–C–N with tert-alkyl or cyclic N) is 1. The van der Waals surface area contributed by atoms with Gasteiger partial charge in [0.25, 0.3) is 0 Å². The highest BCUT2D eigenvalue weighted by atomic mass is 19.1. The van der Waals surface area contributed by atoms with Gasteiger partial charge in [-0.2, -0.15) is 0 Å². The van der Waals surface area contributed by atoms with Crippen molar-refractivity contribution in [1.29, 1.82) is 0 Å². The highest BCUT2D eigenvalue weighted by molar-refractivity contribution is 5.83. The molecule has 0 unspecified atom stereocenters. The van der Waals surface area contributed by atoms with E-state index in [2.05, 4.69) is 22.0 Å². The van der Waals surface area contributed by atoms with Crippen molar-refractivity contribution in [2.45, 2.75) is 50.9 Å². The third kappa shape index (κ3) is 4.77. The molecule has 1 aromatic carbocycles. The fourth-order valence-corrected chi connectivity index (χ4v) is 3.55. The second-order valence-corrected chi connectivity index (χ2v) is 7.42. The minimum atomic E-state index is -0.391. The minimum Gasteiger partial charge on any atom is -0.392 e.